The zero-order valence-corrected chi connectivity index (χ0v) is 8.05. The SMILES string of the molecule is C1=CONN=C1.c1ccc2[nH]ccc2c1. The molecule has 0 spiro atoms. The molecule has 76 valence electrons. The van der Waals surface area contributed by atoms with E-state index in [0.29, 0.717) is 0 Å². The minimum atomic E-state index is 1.21. The van der Waals surface area contributed by atoms with Crippen LogP contribution in [0.15, 0.2) is 54.0 Å². The molecule has 1 aliphatic heterocycles. The molecule has 0 bridgehead atoms. The number of nitrogens with one attached hydrogen (secondary N) is 2. The molecule has 1 aliphatic rings. The van der Waals surface area contributed by atoms with Gasteiger partial charge in [-0.2, -0.15) is 5.10 Å². The third-order valence-electron chi connectivity index (χ3n) is 1.88. The van der Waals surface area contributed by atoms with Crippen LogP contribution in [0.3, 0.4) is 0 Å². The molecule has 0 unspecified atom stereocenters. The van der Waals surface area contributed by atoms with Crippen LogP contribution in [-0.2, 0) is 4.84 Å². The summed E-state index contributed by atoms with van der Waals surface area (Å²) < 4.78 is 0. The summed E-state index contributed by atoms with van der Waals surface area (Å²) in [4.78, 5) is 7.56. The number of H-pyrrole nitrogens is 1. The van der Waals surface area contributed by atoms with Crippen molar-refractivity contribution in [1.29, 1.82) is 0 Å². The first-order chi connectivity index (χ1) is 7.47. The highest BCUT2D eigenvalue weighted by atomic mass is 16.7. The lowest BCUT2D eigenvalue weighted by Crippen LogP contribution is -2.03. The van der Waals surface area contributed by atoms with Gasteiger partial charge in [-0.3, -0.25) is 0 Å². The molecule has 0 atom stereocenters. The number of hydrogen-bond acceptors (Lipinski definition) is 3. The Morgan fingerprint density at radius 1 is 1.13 bits per heavy atom. The highest BCUT2D eigenvalue weighted by Gasteiger charge is 1.86. The van der Waals surface area contributed by atoms with E-state index in [9.17, 15) is 0 Å². The summed E-state index contributed by atoms with van der Waals surface area (Å²) in [7, 11) is 0. The minimum Gasteiger partial charge on any atom is -0.373 e. The molecule has 2 heterocycles. The van der Waals surface area contributed by atoms with Crippen LogP contribution in [-0.4, -0.2) is 11.2 Å². The van der Waals surface area contributed by atoms with Crippen LogP contribution in [0.5, 0.6) is 0 Å². The van der Waals surface area contributed by atoms with Crippen molar-refractivity contribution in [3.8, 4) is 0 Å². The van der Waals surface area contributed by atoms with Crippen molar-refractivity contribution in [3.63, 3.8) is 0 Å². The van der Waals surface area contributed by atoms with Gasteiger partial charge in [-0.25, -0.2) is 0 Å². The second-order valence-electron chi connectivity index (χ2n) is 2.88. The number of rotatable bonds is 0. The molecule has 0 amide bonds. The normalized spacial score (nSPS) is 12.5. The van der Waals surface area contributed by atoms with Gasteiger partial charge in [0, 0.05) is 11.7 Å². The van der Waals surface area contributed by atoms with Crippen molar-refractivity contribution in [2.45, 2.75) is 0 Å². The molecule has 0 fully saturated rings. The zero-order chi connectivity index (χ0) is 10.3. The van der Waals surface area contributed by atoms with Crippen LogP contribution >= 0.6 is 0 Å². The molecule has 0 saturated heterocycles. The highest BCUT2D eigenvalue weighted by Crippen LogP contribution is 2.09. The largest absolute Gasteiger partial charge is 0.373 e. The molecule has 1 aromatic heterocycles. The maximum Gasteiger partial charge on any atom is 0.122 e. The molecule has 0 saturated carbocycles. The summed E-state index contributed by atoms with van der Waals surface area (Å²) >= 11 is 0. The van der Waals surface area contributed by atoms with Crippen molar-refractivity contribution in [3.05, 3.63) is 48.9 Å². The number of nitrogens with zero attached hydrogens (tertiary/aromatic N) is 1. The molecule has 4 nitrogen and oxygen atoms in total. The summed E-state index contributed by atoms with van der Waals surface area (Å²) in [5, 5.41) is 4.77. The van der Waals surface area contributed by atoms with Crippen LogP contribution < -0.4 is 5.59 Å². The molecule has 1 aromatic carbocycles. The number of aromatic nitrogens is 1. The Hall–Kier alpha value is -2.23. The van der Waals surface area contributed by atoms with E-state index in [4.69, 9.17) is 0 Å². The average Bonchev–Trinajstić information content (AvgIpc) is 2.80. The second-order valence-corrected chi connectivity index (χ2v) is 2.88. The Balaban J connectivity index is 0.000000124. The van der Waals surface area contributed by atoms with Crippen molar-refractivity contribution < 1.29 is 4.84 Å². The predicted octanol–water partition coefficient (Wildman–Crippen LogP) is 2.19. The van der Waals surface area contributed by atoms with Gasteiger partial charge in [0.15, 0.2) is 0 Å². The first kappa shape index (κ1) is 9.33. The number of para-hydroxylation sites is 1. The number of aromatic amines is 1. The van der Waals surface area contributed by atoms with Gasteiger partial charge in [-0.1, -0.05) is 18.2 Å². The first-order valence-corrected chi connectivity index (χ1v) is 4.58. The van der Waals surface area contributed by atoms with Gasteiger partial charge >= 0.3 is 0 Å². The Morgan fingerprint density at radius 3 is 2.67 bits per heavy atom. The molecule has 0 radical (unpaired) electrons. The number of allylic oxidation sites excluding steroid dienone is 1. The van der Waals surface area contributed by atoms with Gasteiger partial charge in [-0.05, 0) is 23.6 Å². The Bertz CT molecular complexity index is 431. The lowest BCUT2D eigenvalue weighted by molar-refractivity contribution is 0.136. The molecular weight excluding hydrogens is 190 g/mol. The summed E-state index contributed by atoms with van der Waals surface area (Å²) in [6, 6.07) is 10.3. The average molecular weight is 201 g/mol. The van der Waals surface area contributed by atoms with Gasteiger partial charge < -0.3 is 9.82 Å². The van der Waals surface area contributed by atoms with E-state index in [1.807, 2.05) is 18.3 Å². The van der Waals surface area contributed by atoms with E-state index in [1.165, 1.54) is 17.2 Å². The van der Waals surface area contributed by atoms with Crippen LogP contribution in [0.25, 0.3) is 10.9 Å². The molecule has 2 N–H and O–H groups in total. The maximum absolute atomic E-state index is 4.44. The maximum atomic E-state index is 4.44. The van der Waals surface area contributed by atoms with Gasteiger partial charge in [0.2, 0.25) is 0 Å². The standard InChI is InChI=1S/C8H7N.C3H4N2O/c1-2-4-8-7(3-1)5-6-9-8;1-2-4-5-6-3-1/h1-6,9H;1-3,5H. The van der Waals surface area contributed by atoms with Crippen molar-refractivity contribution in [2.75, 3.05) is 0 Å². The third kappa shape index (κ3) is 2.60. The van der Waals surface area contributed by atoms with Crippen LogP contribution in [0, 0.1) is 0 Å². The van der Waals surface area contributed by atoms with Crippen molar-refractivity contribution in [1.82, 2.24) is 10.6 Å². The third-order valence-corrected chi connectivity index (χ3v) is 1.88. The van der Waals surface area contributed by atoms with Crippen molar-refractivity contribution in [2.24, 2.45) is 5.10 Å². The molecular formula is C11H11N3O. The quantitative estimate of drug-likeness (QED) is 0.686. The van der Waals surface area contributed by atoms with Crippen LogP contribution in [0.4, 0.5) is 0 Å². The van der Waals surface area contributed by atoms with Crippen LogP contribution in [0.2, 0.25) is 0 Å². The Labute approximate surface area is 87.2 Å². The minimum absolute atomic E-state index is 1.21. The molecule has 2 aromatic rings. The molecule has 4 heteroatoms. The predicted molar refractivity (Wildman–Crippen MR) is 60.2 cm³/mol. The smallest absolute Gasteiger partial charge is 0.122 e. The van der Waals surface area contributed by atoms with Gasteiger partial charge in [0.05, 0.1) is 6.21 Å². The molecule has 3 rings (SSSR count). The van der Waals surface area contributed by atoms with E-state index in [0.717, 1.165) is 0 Å². The van der Waals surface area contributed by atoms with Gasteiger partial charge in [0.1, 0.15) is 6.26 Å². The summed E-state index contributed by atoms with van der Waals surface area (Å²) in [6.45, 7) is 0. The zero-order valence-electron chi connectivity index (χ0n) is 8.05. The van der Waals surface area contributed by atoms with E-state index < -0.39 is 0 Å². The van der Waals surface area contributed by atoms with Gasteiger partial charge in [0.25, 0.3) is 0 Å². The monoisotopic (exact) mass is 201 g/mol. The highest BCUT2D eigenvalue weighted by molar-refractivity contribution is 5.78. The Kier molecular flexibility index (Phi) is 3.02. The first-order valence-electron chi connectivity index (χ1n) is 4.58. The van der Waals surface area contributed by atoms with E-state index in [2.05, 4.69) is 38.7 Å². The van der Waals surface area contributed by atoms with Gasteiger partial charge in [-0.15, -0.1) is 5.59 Å². The fraction of sp³-hybridized carbons (Fsp3) is 0. The summed E-state index contributed by atoms with van der Waals surface area (Å²) in [5.74, 6) is 0. The molecule has 0 aliphatic carbocycles. The lowest BCUT2D eigenvalue weighted by Gasteiger charge is -1.96. The topological polar surface area (TPSA) is 49.4 Å². The number of benzene rings is 1. The number of fused-ring (bicyclic) bond motifs is 1. The number of hydrogen-bond donors (Lipinski definition) is 2. The fourth-order valence-corrected chi connectivity index (χ4v) is 1.20. The fourth-order valence-electron chi connectivity index (χ4n) is 1.20. The molecule has 15 heavy (non-hydrogen) atoms. The second kappa shape index (κ2) is 4.85. The summed E-state index contributed by atoms with van der Waals surface area (Å²) in [5.41, 5.74) is 3.47. The van der Waals surface area contributed by atoms with E-state index in [-0.39, 0.29) is 0 Å². The number of hydrazone groups is 1. The lowest BCUT2D eigenvalue weighted by atomic mass is 10.3. The van der Waals surface area contributed by atoms with Crippen LogP contribution in [0.1, 0.15) is 0 Å². The van der Waals surface area contributed by atoms with Crippen molar-refractivity contribution >= 4 is 17.1 Å². The Morgan fingerprint density at radius 2 is 2.07 bits per heavy atom. The van der Waals surface area contributed by atoms with E-state index >= 15 is 0 Å². The van der Waals surface area contributed by atoms with E-state index in [1.54, 1.807) is 12.3 Å². The summed E-state index contributed by atoms with van der Waals surface area (Å²) in [6.07, 6.45) is 6.75.